The Morgan fingerprint density at radius 2 is 2.18 bits per heavy atom. The largest absolute Gasteiger partial charge is 0.376 e. The van der Waals surface area contributed by atoms with Gasteiger partial charge in [-0.3, -0.25) is 14.2 Å². The van der Waals surface area contributed by atoms with Crippen molar-refractivity contribution >= 4 is 16.9 Å². The van der Waals surface area contributed by atoms with Crippen molar-refractivity contribution < 1.29 is 9.53 Å². The van der Waals surface area contributed by atoms with Crippen molar-refractivity contribution in [3.05, 3.63) is 52.2 Å². The first kappa shape index (κ1) is 18.4. The van der Waals surface area contributed by atoms with Crippen molar-refractivity contribution in [1.82, 2.24) is 24.6 Å². The fourth-order valence-corrected chi connectivity index (χ4v) is 3.35. The van der Waals surface area contributed by atoms with Gasteiger partial charge in [0.05, 0.1) is 18.0 Å². The number of carbonyl (C=O) groups excluding carboxylic acids is 1. The topological polar surface area (TPSA) is 91.0 Å². The van der Waals surface area contributed by atoms with Crippen molar-refractivity contribution in [3.63, 3.8) is 0 Å². The maximum Gasteiger partial charge on any atom is 0.264 e. The average molecular weight is 381 g/mol. The van der Waals surface area contributed by atoms with Gasteiger partial charge in [-0.15, -0.1) is 0 Å². The lowest BCUT2D eigenvalue weighted by molar-refractivity contribution is -0.122. The summed E-state index contributed by atoms with van der Waals surface area (Å²) in [6.45, 7) is 5.20. The molecule has 1 unspecified atom stereocenters. The molecule has 8 heteroatoms. The SMILES string of the molecule is Cc1ccc(-n2ncc3c(=O)n(CC(=O)NCC4CCCO4)cnc32)cc1C. The molecule has 0 bridgehead atoms. The van der Waals surface area contributed by atoms with Gasteiger partial charge in [-0.2, -0.15) is 5.10 Å². The van der Waals surface area contributed by atoms with Crippen LogP contribution in [0.1, 0.15) is 24.0 Å². The first-order chi connectivity index (χ1) is 13.5. The van der Waals surface area contributed by atoms with Gasteiger partial charge >= 0.3 is 0 Å². The van der Waals surface area contributed by atoms with Gasteiger partial charge in [0.1, 0.15) is 18.3 Å². The Bertz CT molecular complexity index is 1080. The van der Waals surface area contributed by atoms with Crippen LogP contribution in [0.5, 0.6) is 0 Å². The number of amides is 1. The second-order valence-electron chi connectivity index (χ2n) is 7.18. The Hall–Kier alpha value is -3.00. The van der Waals surface area contributed by atoms with Gasteiger partial charge in [-0.05, 0) is 49.9 Å². The summed E-state index contributed by atoms with van der Waals surface area (Å²) in [6, 6.07) is 5.96. The number of aryl methyl sites for hydroxylation is 2. The first-order valence-electron chi connectivity index (χ1n) is 9.42. The second-order valence-corrected chi connectivity index (χ2v) is 7.18. The Morgan fingerprint density at radius 3 is 2.93 bits per heavy atom. The van der Waals surface area contributed by atoms with Crippen LogP contribution in [0.3, 0.4) is 0 Å². The monoisotopic (exact) mass is 381 g/mol. The van der Waals surface area contributed by atoms with E-state index in [4.69, 9.17) is 4.74 Å². The number of ether oxygens (including phenoxy) is 1. The summed E-state index contributed by atoms with van der Waals surface area (Å²) in [5.74, 6) is -0.236. The molecule has 1 saturated heterocycles. The highest BCUT2D eigenvalue weighted by Gasteiger charge is 2.17. The summed E-state index contributed by atoms with van der Waals surface area (Å²) in [5, 5.41) is 7.53. The molecule has 0 radical (unpaired) electrons. The molecule has 1 aliphatic heterocycles. The van der Waals surface area contributed by atoms with Crippen molar-refractivity contribution in [3.8, 4) is 5.69 Å². The summed E-state index contributed by atoms with van der Waals surface area (Å²) in [7, 11) is 0. The highest BCUT2D eigenvalue weighted by Crippen LogP contribution is 2.17. The van der Waals surface area contributed by atoms with Crippen LogP contribution in [-0.4, -0.2) is 44.5 Å². The minimum atomic E-state index is -0.285. The zero-order chi connectivity index (χ0) is 19.7. The average Bonchev–Trinajstić information content (AvgIpc) is 3.34. The number of hydrogen-bond acceptors (Lipinski definition) is 5. The summed E-state index contributed by atoms with van der Waals surface area (Å²) < 4.78 is 8.44. The number of rotatable bonds is 5. The number of fused-ring (bicyclic) bond motifs is 1. The van der Waals surface area contributed by atoms with E-state index < -0.39 is 0 Å². The van der Waals surface area contributed by atoms with Gasteiger partial charge < -0.3 is 10.1 Å². The first-order valence-corrected chi connectivity index (χ1v) is 9.42. The fraction of sp³-hybridized carbons (Fsp3) is 0.400. The molecule has 8 nitrogen and oxygen atoms in total. The maximum atomic E-state index is 12.8. The Morgan fingerprint density at radius 1 is 1.32 bits per heavy atom. The molecule has 1 amide bonds. The summed E-state index contributed by atoms with van der Waals surface area (Å²) in [6.07, 6.45) is 4.93. The van der Waals surface area contributed by atoms with E-state index in [-0.39, 0.29) is 24.1 Å². The van der Waals surface area contributed by atoms with E-state index in [9.17, 15) is 9.59 Å². The predicted molar refractivity (Wildman–Crippen MR) is 105 cm³/mol. The molecule has 146 valence electrons. The highest BCUT2D eigenvalue weighted by atomic mass is 16.5. The summed E-state index contributed by atoms with van der Waals surface area (Å²) in [4.78, 5) is 29.3. The molecule has 2 aromatic heterocycles. The molecule has 0 saturated carbocycles. The Balaban J connectivity index is 1.55. The van der Waals surface area contributed by atoms with Gasteiger partial charge in [0.2, 0.25) is 5.91 Å². The maximum absolute atomic E-state index is 12.8. The highest BCUT2D eigenvalue weighted by molar-refractivity contribution is 5.77. The lowest BCUT2D eigenvalue weighted by atomic mass is 10.1. The molecule has 0 aliphatic carbocycles. The summed E-state index contributed by atoms with van der Waals surface area (Å²) >= 11 is 0. The lowest BCUT2D eigenvalue weighted by Gasteiger charge is -2.11. The van der Waals surface area contributed by atoms with Gasteiger partial charge in [-0.25, -0.2) is 9.67 Å². The molecule has 3 heterocycles. The number of benzene rings is 1. The minimum absolute atomic E-state index is 0.0671. The lowest BCUT2D eigenvalue weighted by Crippen LogP contribution is -2.36. The number of nitrogens with one attached hydrogen (secondary N) is 1. The number of carbonyl (C=O) groups is 1. The van der Waals surface area contributed by atoms with Gasteiger partial charge in [0, 0.05) is 13.2 Å². The number of nitrogens with zero attached hydrogens (tertiary/aromatic N) is 4. The molecule has 1 aliphatic rings. The van der Waals surface area contributed by atoms with Crippen LogP contribution in [0, 0.1) is 13.8 Å². The standard InChI is InChI=1S/C20H23N5O3/c1-13-5-6-15(8-14(13)2)25-19-17(10-23-25)20(27)24(12-22-19)11-18(26)21-9-16-4-3-7-28-16/h5-6,8,10,12,16H,3-4,7,9,11H2,1-2H3,(H,21,26). The molecule has 4 rings (SSSR count). The van der Waals surface area contributed by atoms with E-state index in [0.717, 1.165) is 30.7 Å². The molecule has 1 N–H and O–H groups in total. The van der Waals surface area contributed by atoms with E-state index >= 15 is 0 Å². The van der Waals surface area contributed by atoms with Crippen LogP contribution in [0.4, 0.5) is 0 Å². The van der Waals surface area contributed by atoms with Crippen LogP contribution in [-0.2, 0) is 16.1 Å². The van der Waals surface area contributed by atoms with Gasteiger partial charge in [-0.1, -0.05) is 6.07 Å². The molecular weight excluding hydrogens is 358 g/mol. The van der Waals surface area contributed by atoms with Gasteiger partial charge in [0.15, 0.2) is 5.65 Å². The van der Waals surface area contributed by atoms with E-state index in [0.29, 0.717) is 17.6 Å². The fourth-order valence-electron chi connectivity index (χ4n) is 3.35. The van der Waals surface area contributed by atoms with E-state index in [2.05, 4.69) is 15.4 Å². The molecule has 1 fully saturated rings. The second kappa shape index (κ2) is 7.55. The smallest absolute Gasteiger partial charge is 0.264 e. The molecular formula is C20H23N5O3. The predicted octanol–water partition coefficient (Wildman–Crippen LogP) is 1.49. The zero-order valence-electron chi connectivity index (χ0n) is 16.0. The van der Waals surface area contributed by atoms with Crippen LogP contribution >= 0.6 is 0 Å². The van der Waals surface area contributed by atoms with Gasteiger partial charge in [0.25, 0.3) is 5.56 Å². The minimum Gasteiger partial charge on any atom is -0.376 e. The molecule has 1 aromatic carbocycles. The Labute approximate surface area is 162 Å². The third kappa shape index (κ3) is 3.55. The Kier molecular flexibility index (Phi) is 4.95. The zero-order valence-corrected chi connectivity index (χ0v) is 16.0. The van der Waals surface area contributed by atoms with E-state index in [1.54, 1.807) is 4.68 Å². The van der Waals surface area contributed by atoms with Crippen molar-refractivity contribution in [2.75, 3.05) is 13.2 Å². The third-order valence-corrected chi connectivity index (χ3v) is 5.15. The normalized spacial score (nSPS) is 16.6. The van der Waals surface area contributed by atoms with Crippen LogP contribution in [0.2, 0.25) is 0 Å². The van der Waals surface area contributed by atoms with Crippen molar-refractivity contribution in [1.29, 1.82) is 0 Å². The van der Waals surface area contributed by atoms with Crippen molar-refractivity contribution in [2.24, 2.45) is 0 Å². The summed E-state index contributed by atoms with van der Waals surface area (Å²) in [5.41, 5.74) is 3.36. The van der Waals surface area contributed by atoms with Crippen molar-refractivity contribution in [2.45, 2.75) is 39.3 Å². The molecule has 0 spiro atoms. The van der Waals surface area contributed by atoms with E-state index in [1.807, 2.05) is 32.0 Å². The van der Waals surface area contributed by atoms with Crippen LogP contribution < -0.4 is 10.9 Å². The number of hydrogen-bond donors (Lipinski definition) is 1. The van der Waals surface area contributed by atoms with Crippen LogP contribution in [0.15, 0.2) is 35.5 Å². The molecule has 1 atom stereocenters. The third-order valence-electron chi connectivity index (χ3n) is 5.15. The number of aromatic nitrogens is 4. The quantitative estimate of drug-likeness (QED) is 0.723. The molecule has 3 aromatic rings. The van der Waals surface area contributed by atoms with Crippen LogP contribution in [0.25, 0.3) is 16.7 Å². The molecule has 28 heavy (non-hydrogen) atoms. The van der Waals surface area contributed by atoms with E-state index in [1.165, 1.54) is 22.7 Å².